The molecule has 0 radical (unpaired) electrons. The molecule has 1 aromatic carbocycles. The maximum Gasteiger partial charge on any atom is 0.267 e. The predicted octanol–water partition coefficient (Wildman–Crippen LogP) is 1.65. The monoisotopic (exact) mass is 324 g/mol. The minimum absolute atomic E-state index is 0.181. The molecule has 1 heterocycles. The lowest BCUT2D eigenvalue weighted by molar-refractivity contribution is -0.124. The second kappa shape index (κ2) is 7.04. The number of sulfonamides is 1. The average Bonchev–Trinajstić information content (AvgIpc) is 2.94. The van der Waals surface area contributed by atoms with Crippen molar-refractivity contribution in [1.82, 2.24) is 9.79 Å². The summed E-state index contributed by atoms with van der Waals surface area (Å²) in [5.74, 6) is -0.426. The van der Waals surface area contributed by atoms with E-state index in [0.717, 1.165) is 23.1 Å². The second-order valence-corrected chi connectivity index (χ2v) is 7.36. The van der Waals surface area contributed by atoms with Gasteiger partial charge in [0.15, 0.2) is 0 Å². The van der Waals surface area contributed by atoms with Gasteiger partial charge in [-0.1, -0.05) is 31.5 Å². The van der Waals surface area contributed by atoms with Crippen molar-refractivity contribution in [3.63, 3.8) is 0 Å². The lowest BCUT2D eigenvalue weighted by atomic mass is 10.1. The number of rotatable bonds is 6. The first kappa shape index (κ1) is 16.7. The molecule has 0 bridgehead atoms. The lowest BCUT2D eigenvalue weighted by Gasteiger charge is -2.14. The molecule has 0 atom stereocenters. The minimum atomic E-state index is -3.21. The van der Waals surface area contributed by atoms with Crippen LogP contribution in [0.3, 0.4) is 0 Å². The first-order valence-corrected chi connectivity index (χ1v) is 8.79. The summed E-state index contributed by atoms with van der Waals surface area (Å²) < 4.78 is 26.0. The standard InChI is InChI=1S/C15H20N2O4S/c1-2-3-8-22(20,21)17-10-13-6-4-12(9-14(13)11-17)5-7-15(18)16-19/h4-7,9,19H,2-3,8,10-11H2,1H3,(H,16,18)/b7-5+. The van der Waals surface area contributed by atoms with E-state index in [2.05, 4.69) is 0 Å². The van der Waals surface area contributed by atoms with Gasteiger partial charge in [0.25, 0.3) is 5.91 Å². The zero-order valence-corrected chi connectivity index (χ0v) is 13.3. The average molecular weight is 324 g/mol. The van der Waals surface area contributed by atoms with Crippen molar-refractivity contribution < 1.29 is 18.4 Å². The number of hydrogen-bond acceptors (Lipinski definition) is 4. The molecule has 0 spiro atoms. The largest absolute Gasteiger partial charge is 0.288 e. The van der Waals surface area contributed by atoms with E-state index >= 15 is 0 Å². The van der Waals surface area contributed by atoms with E-state index in [1.165, 1.54) is 15.9 Å². The van der Waals surface area contributed by atoms with Crippen LogP contribution in [0.15, 0.2) is 24.3 Å². The van der Waals surface area contributed by atoms with Gasteiger partial charge in [0, 0.05) is 19.2 Å². The topological polar surface area (TPSA) is 86.7 Å². The molecular weight excluding hydrogens is 304 g/mol. The van der Waals surface area contributed by atoms with Crippen LogP contribution < -0.4 is 5.48 Å². The van der Waals surface area contributed by atoms with Crippen molar-refractivity contribution in [1.29, 1.82) is 0 Å². The molecule has 2 rings (SSSR count). The fourth-order valence-electron chi connectivity index (χ4n) is 2.35. The van der Waals surface area contributed by atoms with E-state index in [0.29, 0.717) is 19.5 Å². The van der Waals surface area contributed by atoms with Crippen molar-refractivity contribution in [3.05, 3.63) is 41.0 Å². The third kappa shape index (κ3) is 3.94. The van der Waals surface area contributed by atoms with Crippen molar-refractivity contribution in [2.45, 2.75) is 32.9 Å². The third-order valence-electron chi connectivity index (χ3n) is 3.61. The van der Waals surface area contributed by atoms with Crippen LogP contribution >= 0.6 is 0 Å². The molecule has 1 aromatic rings. The Bertz CT molecular complexity index is 683. The van der Waals surface area contributed by atoms with Gasteiger partial charge in [-0.05, 0) is 29.2 Å². The molecular formula is C15H20N2O4S. The number of amides is 1. The van der Waals surface area contributed by atoms with E-state index in [1.54, 1.807) is 6.08 Å². The molecule has 7 heteroatoms. The zero-order valence-electron chi connectivity index (χ0n) is 12.4. The van der Waals surface area contributed by atoms with E-state index in [9.17, 15) is 13.2 Å². The highest BCUT2D eigenvalue weighted by Crippen LogP contribution is 2.27. The highest BCUT2D eigenvalue weighted by atomic mass is 32.2. The third-order valence-corrected chi connectivity index (χ3v) is 5.46. The number of hydrogen-bond donors (Lipinski definition) is 2. The fourth-order valence-corrected chi connectivity index (χ4v) is 3.93. The summed E-state index contributed by atoms with van der Waals surface area (Å²) in [6.45, 7) is 2.74. The maximum atomic E-state index is 12.2. The molecule has 1 aliphatic rings. The van der Waals surface area contributed by atoms with E-state index in [-0.39, 0.29) is 5.75 Å². The molecule has 0 fully saturated rings. The number of nitrogens with zero attached hydrogens (tertiary/aromatic N) is 1. The van der Waals surface area contributed by atoms with Crippen molar-refractivity contribution in [2.75, 3.05) is 5.75 Å². The number of benzene rings is 1. The summed E-state index contributed by atoms with van der Waals surface area (Å²) in [6, 6.07) is 5.56. The number of unbranched alkanes of at least 4 members (excludes halogenated alkanes) is 1. The Morgan fingerprint density at radius 1 is 1.36 bits per heavy atom. The van der Waals surface area contributed by atoms with Gasteiger partial charge in [-0.25, -0.2) is 13.9 Å². The smallest absolute Gasteiger partial charge is 0.267 e. The molecule has 6 nitrogen and oxygen atoms in total. The predicted molar refractivity (Wildman–Crippen MR) is 83.3 cm³/mol. The van der Waals surface area contributed by atoms with Gasteiger partial charge >= 0.3 is 0 Å². The Balaban J connectivity index is 2.11. The number of hydroxylamine groups is 1. The van der Waals surface area contributed by atoms with Gasteiger partial charge in [0.1, 0.15) is 0 Å². The number of carbonyl (C=O) groups is 1. The van der Waals surface area contributed by atoms with Crippen LogP contribution in [-0.4, -0.2) is 29.6 Å². The molecule has 2 N–H and O–H groups in total. The van der Waals surface area contributed by atoms with Gasteiger partial charge < -0.3 is 0 Å². The van der Waals surface area contributed by atoms with E-state index in [4.69, 9.17) is 5.21 Å². The number of fused-ring (bicyclic) bond motifs is 1. The Kier molecular flexibility index (Phi) is 5.33. The van der Waals surface area contributed by atoms with Gasteiger partial charge in [-0.2, -0.15) is 4.31 Å². The second-order valence-electron chi connectivity index (χ2n) is 5.28. The van der Waals surface area contributed by atoms with Crippen LogP contribution in [-0.2, 0) is 27.9 Å². The maximum absolute atomic E-state index is 12.2. The minimum Gasteiger partial charge on any atom is -0.288 e. The van der Waals surface area contributed by atoms with Gasteiger partial charge in [-0.15, -0.1) is 0 Å². The Hall–Kier alpha value is -1.70. The molecule has 1 amide bonds. The normalized spacial score (nSPS) is 15.2. The van der Waals surface area contributed by atoms with Crippen LogP contribution in [0.1, 0.15) is 36.5 Å². The molecule has 0 unspecified atom stereocenters. The van der Waals surface area contributed by atoms with Gasteiger partial charge in [0.05, 0.1) is 5.75 Å². The highest BCUT2D eigenvalue weighted by Gasteiger charge is 2.28. The van der Waals surface area contributed by atoms with Crippen molar-refractivity contribution >= 4 is 22.0 Å². The van der Waals surface area contributed by atoms with E-state index in [1.807, 2.05) is 25.1 Å². The summed E-state index contributed by atoms with van der Waals surface area (Å²) >= 11 is 0. The van der Waals surface area contributed by atoms with Gasteiger partial charge in [0.2, 0.25) is 10.0 Å². The van der Waals surface area contributed by atoms with Crippen LogP contribution in [0.2, 0.25) is 0 Å². The van der Waals surface area contributed by atoms with Crippen molar-refractivity contribution in [3.8, 4) is 0 Å². The van der Waals surface area contributed by atoms with Crippen molar-refractivity contribution in [2.24, 2.45) is 0 Å². The summed E-state index contributed by atoms with van der Waals surface area (Å²) in [5, 5.41) is 8.44. The quantitative estimate of drug-likeness (QED) is 0.473. The summed E-state index contributed by atoms with van der Waals surface area (Å²) in [6.07, 6.45) is 4.30. The molecule has 0 aromatic heterocycles. The highest BCUT2D eigenvalue weighted by molar-refractivity contribution is 7.89. The molecule has 0 aliphatic carbocycles. The Morgan fingerprint density at radius 2 is 2.09 bits per heavy atom. The summed E-state index contributed by atoms with van der Waals surface area (Å²) in [4.78, 5) is 11.0. The van der Waals surface area contributed by atoms with E-state index < -0.39 is 15.9 Å². The Labute approximate surface area is 130 Å². The molecule has 1 aliphatic heterocycles. The molecule has 0 saturated carbocycles. The van der Waals surface area contributed by atoms with Gasteiger partial charge in [-0.3, -0.25) is 10.0 Å². The lowest BCUT2D eigenvalue weighted by Crippen LogP contribution is -2.28. The summed E-state index contributed by atoms with van der Waals surface area (Å²) in [7, 11) is -3.21. The number of nitrogens with one attached hydrogen (secondary N) is 1. The zero-order chi connectivity index (χ0) is 16.2. The number of carbonyl (C=O) groups excluding carboxylic acids is 1. The fraction of sp³-hybridized carbons (Fsp3) is 0.400. The van der Waals surface area contributed by atoms with Crippen LogP contribution in [0.4, 0.5) is 0 Å². The first-order valence-electron chi connectivity index (χ1n) is 7.18. The molecule has 22 heavy (non-hydrogen) atoms. The first-order chi connectivity index (χ1) is 10.5. The SMILES string of the molecule is CCCCS(=O)(=O)N1Cc2ccc(/C=C/C(=O)NO)cc2C1. The molecule has 120 valence electrons. The molecule has 0 saturated heterocycles. The van der Waals surface area contributed by atoms with Crippen LogP contribution in [0, 0.1) is 0 Å². The summed E-state index contributed by atoms with van der Waals surface area (Å²) in [5.41, 5.74) is 4.25. The Morgan fingerprint density at radius 3 is 2.77 bits per heavy atom. The van der Waals surface area contributed by atoms with Crippen LogP contribution in [0.25, 0.3) is 6.08 Å². The van der Waals surface area contributed by atoms with Crippen LogP contribution in [0.5, 0.6) is 0 Å².